The first-order valence-corrected chi connectivity index (χ1v) is 7.33. The highest BCUT2D eigenvalue weighted by Crippen LogP contribution is 2.31. The van der Waals surface area contributed by atoms with Gasteiger partial charge in [0.2, 0.25) is 5.82 Å². The molecule has 0 aromatic heterocycles. The minimum Gasteiger partial charge on any atom is -0.454 e. The van der Waals surface area contributed by atoms with E-state index in [1.807, 2.05) is 26.0 Å². The Hall–Kier alpha value is -1.46. The first-order chi connectivity index (χ1) is 9.86. The normalized spacial score (nSPS) is 12.3. The van der Waals surface area contributed by atoms with E-state index >= 15 is 0 Å². The van der Waals surface area contributed by atoms with Crippen molar-refractivity contribution in [1.29, 1.82) is 0 Å². The van der Waals surface area contributed by atoms with Gasteiger partial charge < -0.3 is 10.5 Å². The number of hydrogen-bond acceptors (Lipinski definition) is 2. The van der Waals surface area contributed by atoms with Gasteiger partial charge in [0, 0.05) is 10.5 Å². The molecule has 112 valence electrons. The molecule has 0 aliphatic rings. The van der Waals surface area contributed by atoms with E-state index in [1.54, 1.807) is 6.07 Å². The smallest absolute Gasteiger partial charge is 0.201 e. The molecule has 2 N–H and O–H groups in total. The van der Waals surface area contributed by atoms with E-state index in [0.717, 1.165) is 17.2 Å². The van der Waals surface area contributed by atoms with Crippen LogP contribution in [0.1, 0.15) is 18.1 Å². The molecule has 0 saturated heterocycles. The van der Waals surface area contributed by atoms with Crippen molar-refractivity contribution >= 4 is 15.9 Å². The monoisotopic (exact) mass is 355 g/mol. The van der Waals surface area contributed by atoms with E-state index in [0.29, 0.717) is 16.6 Å². The van der Waals surface area contributed by atoms with Gasteiger partial charge in [0.1, 0.15) is 5.75 Å². The van der Waals surface area contributed by atoms with Gasteiger partial charge in [-0.25, -0.2) is 4.39 Å². The first-order valence-electron chi connectivity index (χ1n) is 6.54. The molecule has 0 spiro atoms. The molecule has 1 unspecified atom stereocenters. The van der Waals surface area contributed by atoms with Gasteiger partial charge >= 0.3 is 0 Å². The number of nitrogens with two attached hydrogens (primary N) is 1. The van der Waals surface area contributed by atoms with E-state index in [1.165, 1.54) is 6.07 Å². The minimum atomic E-state index is -1.00. The molecule has 0 heterocycles. The lowest BCUT2D eigenvalue weighted by atomic mass is 10.1. The Balaban J connectivity index is 2.35. The fraction of sp³-hybridized carbons (Fsp3) is 0.250. The lowest BCUT2D eigenvalue weighted by Crippen LogP contribution is -2.17. The fourth-order valence-electron chi connectivity index (χ4n) is 1.98. The van der Waals surface area contributed by atoms with Crippen molar-refractivity contribution in [2.24, 2.45) is 5.73 Å². The summed E-state index contributed by atoms with van der Waals surface area (Å²) in [7, 11) is 0. The average molecular weight is 356 g/mol. The van der Waals surface area contributed by atoms with Gasteiger partial charge in [0.15, 0.2) is 11.6 Å². The van der Waals surface area contributed by atoms with Gasteiger partial charge in [-0.05, 0) is 49.6 Å². The summed E-state index contributed by atoms with van der Waals surface area (Å²) in [6.45, 7) is 3.75. The lowest BCUT2D eigenvalue weighted by Gasteiger charge is -2.13. The third-order valence-corrected chi connectivity index (χ3v) is 3.45. The van der Waals surface area contributed by atoms with Crippen LogP contribution in [0.5, 0.6) is 11.5 Å². The molecule has 2 aromatic rings. The van der Waals surface area contributed by atoms with Crippen molar-refractivity contribution in [3.8, 4) is 11.5 Å². The van der Waals surface area contributed by atoms with Gasteiger partial charge in [0.05, 0.1) is 0 Å². The topological polar surface area (TPSA) is 35.2 Å². The van der Waals surface area contributed by atoms with Crippen LogP contribution >= 0.6 is 15.9 Å². The van der Waals surface area contributed by atoms with Crippen LogP contribution in [-0.2, 0) is 6.42 Å². The van der Waals surface area contributed by atoms with Crippen LogP contribution in [0, 0.1) is 18.6 Å². The van der Waals surface area contributed by atoms with E-state index in [9.17, 15) is 8.78 Å². The number of rotatable bonds is 4. The number of hydrogen-bond donors (Lipinski definition) is 1. The molecule has 0 radical (unpaired) electrons. The molecule has 5 heteroatoms. The van der Waals surface area contributed by atoms with Crippen LogP contribution in [0.2, 0.25) is 0 Å². The van der Waals surface area contributed by atoms with Gasteiger partial charge in [-0.15, -0.1) is 0 Å². The lowest BCUT2D eigenvalue weighted by molar-refractivity contribution is 0.413. The third-order valence-electron chi connectivity index (χ3n) is 2.99. The predicted octanol–water partition coefficient (Wildman–Crippen LogP) is 4.72. The van der Waals surface area contributed by atoms with Gasteiger partial charge in [-0.3, -0.25) is 0 Å². The molecule has 0 aliphatic carbocycles. The van der Waals surface area contributed by atoms with Crippen molar-refractivity contribution in [1.82, 2.24) is 0 Å². The zero-order chi connectivity index (χ0) is 15.6. The summed E-state index contributed by atoms with van der Waals surface area (Å²) in [4.78, 5) is 0. The largest absolute Gasteiger partial charge is 0.454 e. The molecule has 2 rings (SSSR count). The molecule has 2 nitrogen and oxygen atoms in total. The summed E-state index contributed by atoms with van der Waals surface area (Å²) in [5, 5.41) is 0. The third kappa shape index (κ3) is 4.02. The summed E-state index contributed by atoms with van der Waals surface area (Å²) in [6.07, 6.45) is 0.686. The quantitative estimate of drug-likeness (QED) is 0.805. The van der Waals surface area contributed by atoms with Crippen LogP contribution in [0.3, 0.4) is 0 Å². The van der Waals surface area contributed by atoms with Crippen molar-refractivity contribution in [3.05, 3.63) is 57.6 Å². The molecular formula is C16H16BrF2NO. The SMILES string of the molecule is Cc1ccc(CC(C)N)cc1Oc1cc(Br)cc(F)c1F. The highest BCUT2D eigenvalue weighted by Gasteiger charge is 2.13. The molecule has 0 saturated carbocycles. The average Bonchev–Trinajstić information content (AvgIpc) is 2.38. The fourth-order valence-corrected chi connectivity index (χ4v) is 2.39. The maximum atomic E-state index is 13.8. The van der Waals surface area contributed by atoms with Crippen LogP contribution < -0.4 is 10.5 Å². The van der Waals surface area contributed by atoms with E-state index in [4.69, 9.17) is 10.5 Å². The molecule has 0 bridgehead atoms. The molecule has 0 amide bonds. The second-order valence-corrected chi connectivity index (χ2v) is 6.00. The van der Waals surface area contributed by atoms with Gasteiger partial charge in [-0.2, -0.15) is 4.39 Å². The molecule has 0 fully saturated rings. The Morgan fingerprint density at radius 1 is 1.19 bits per heavy atom. The van der Waals surface area contributed by atoms with E-state index < -0.39 is 11.6 Å². The van der Waals surface area contributed by atoms with Crippen LogP contribution in [0.15, 0.2) is 34.8 Å². The highest BCUT2D eigenvalue weighted by atomic mass is 79.9. The number of halogens is 3. The summed E-state index contributed by atoms with van der Waals surface area (Å²) in [5.74, 6) is -1.62. The van der Waals surface area contributed by atoms with Gasteiger partial charge in [0.25, 0.3) is 0 Å². The van der Waals surface area contributed by atoms with Crippen molar-refractivity contribution in [2.45, 2.75) is 26.3 Å². The Morgan fingerprint density at radius 2 is 1.90 bits per heavy atom. The Kier molecular flexibility index (Phi) is 4.96. The number of ether oxygens (including phenoxy) is 1. The second-order valence-electron chi connectivity index (χ2n) is 5.08. The zero-order valence-corrected chi connectivity index (χ0v) is 13.4. The standard InChI is InChI=1S/C16H16BrF2NO/c1-9-3-4-11(5-10(2)20)6-14(9)21-15-8-12(17)7-13(18)16(15)19/h3-4,6-8,10H,5,20H2,1-2H3. The highest BCUT2D eigenvalue weighted by molar-refractivity contribution is 9.10. The minimum absolute atomic E-state index is 0.0145. The van der Waals surface area contributed by atoms with E-state index in [2.05, 4.69) is 15.9 Å². The Labute approximate surface area is 131 Å². The molecule has 0 aliphatic heterocycles. The molecule has 1 atom stereocenters. The zero-order valence-electron chi connectivity index (χ0n) is 11.8. The summed E-state index contributed by atoms with van der Waals surface area (Å²) in [5.41, 5.74) is 7.60. The van der Waals surface area contributed by atoms with Gasteiger partial charge in [-0.1, -0.05) is 28.1 Å². The molecule has 21 heavy (non-hydrogen) atoms. The molecular weight excluding hydrogens is 340 g/mol. The summed E-state index contributed by atoms with van der Waals surface area (Å²) >= 11 is 3.12. The number of aryl methyl sites for hydroxylation is 1. The first kappa shape index (κ1) is 15.9. The van der Waals surface area contributed by atoms with E-state index in [-0.39, 0.29) is 11.8 Å². The van der Waals surface area contributed by atoms with Crippen molar-refractivity contribution in [2.75, 3.05) is 0 Å². The van der Waals surface area contributed by atoms with Crippen molar-refractivity contribution in [3.63, 3.8) is 0 Å². The predicted molar refractivity (Wildman–Crippen MR) is 82.7 cm³/mol. The van der Waals surface area contributed by atoms with Crippen LogP contribution in [0.4, 0.5) is 8.78 Å². The Morgan fingerprint density at radius 3 is 2.57 bits per heavy atom. The maximum Gasteiger partial charge on any atom is 0.201 e. The second kappa shape index (κ2) is 6.54. The summed E-state index contributed by atoms with van der Waals surface area (Å²) < 4.78 is 33.1. The molecule has 2 aromatic carbocycles. The number of benzene rings is 2. The summed E-state index contributed by atoms with van der Waals surface area (Å²) in [6, 6.07) is 8.10. The van der Waals surface area contributed by atoms with Crippen LogP contribution in [0.25, 0.3) is 0 Å². The van der Waals surface area contributed by atoms with Crippen molar-refractivity contribution < 1.29 is 13.5 Å². The maximum absolute atomic E-state index is 13.8. The Bertz CT molecular complexity index is 659. The van der Waals surface area contributed by atoms with Crippen LogP contribution in [-0.4, -0.2) is 6.04 Å².